The number of nitrogens with zero attached hydrogens (tertiary/aromatic N) is 2. The van der Waals surface area contributed by atoms with Gasteiger partial charge in [-0.15, -0.1) is 0 Å². The first kappa shape index (κ1) is 14.8. The fourth-order valence-corrected chi connectivity index (χ4v) is 1.97. The minimum Gasteiger partial charge on any atom is -0.478 e. The molecule has 1 heterocycles. The molecular formula is C15H17N3O3. The van der Waals surface area contributed by atoms with E-state index in [4.69, 9.17) is 0 Å². The van der Waals surface area contributed by atoms with Crippen molar-refractivity contribution < 1.29 is 14.7 Å². The topological polar surface area (TPSA) is 84.2 Å². The van der Waals surface area contributed by atoms with E-state index in [1.165, 1.54) is 12.3 Å². The lowest BCUT2D eigenvalue weighted by Gasteiger charge is -2.08. The number of hydrogen-bond donors (Lipinski definition) is 2. The van der Waals surface area contributed by atoms with E-state index in [2.05, 4.69) is 10.4 Å². The average Bonchev–Trinajstić information content (AvgIpc) is 2.89. The second-order valence-electron chi connectivity index (χ2n) is 4.80. The molecule has 2 aromatic rings. The Hall–Kier alpha value is -2.63. The van der Waals surface area contributed by atoms with Crippen molar-refractivity contribution in [2.75, 3.05) is 5.32 Å². The third-order valence-corrected chi connectivity index (χ3v) is 3.00. The highest BCUT2D eigenvalue weighted by Gasteiger charge is 2.14. The minimum atomic E-state index is -1.07. The van der Waals surface area contributed by atoms with Gasteiger partial charge in [-0.3, -0.25) is 9.48 Å². The molecule has 1 aromatic carbocycles. The molecule has 0 unspecified atom stereocenters. The molecule has 0 aliphatic rings. The van der Waals surface area contributed by atoms with Gasteiger partial charge in [-0.1, -0.05) is 18.6 Å². The number of anilines is 1. The van der Waals surface area contributed by atoms with E-state index in [1.807, 2.05) is 6.92 Å². The van der Waals surface area contributed by atoms with Crippen molar-refractivity contribution in [1.29, 1.82) is 0 Å². The number of aromatic nitrogens is 2. The van der Waals surface area contributed by atoms with Crippen LogP contribution < -0.4 is 5.32 Å². The van der Waals surface area contributed by atoms with Crippen LogP contribution in [0.5, 0.6) is 0 Å². The number of benzene rings is 1. The third kappa shape index (κ3) is 3.47. The van der Waals surface area contributed by atoms with Gasteiger partial charge in [0.2, 0.25) is 0 Å². The summed E-state index contributed by atoms with van der Waals surface area (Å²) in [5.74, 6) is -1.45. The Balaban J connectivity index is 2.20. The molecule has 2 N–H and O–H groups in total. The number of aryl methyl sites for hydroxylation is 2. The van der Waals surface area contributed by atoms with Crippen molar-refractivity contribution in [1.82, 2.24) is 9.78 Å². The number of carboxylic acids is 1. The Morgan fingerprint density at radius 3 is 2.81 bits per heavy atom. The van der Waals surface area contributed by atoms with E-state index >= 15 is 0 Å². The normalized spacial score (nSPS) is 10.4. The van der Waals surface area contributed by atoms with Gasteiger partial charge >= 0.3 is 5.97 Å². The van der Waals surface area contributed by atoms with Crippen LogP contribution in [0.4, 0.5) is 5.69 Å². The SMILES string of the molecule is CCCn1cc(C(=O)Nc2ccc(C)cc2C(=O)O)cn1. The molecule has 21 heavy (non-hydrogen) atoms. The van der Waals surface area contributed by atoms with Crippen LogP contribution in [0, 0.1) is 6.92 Å². The van der Waals surface area contributed by atoms with E-state index in [1.54, 1.807) is 29.9 Å². The molecule has 0 spiro atoms. The maximum Gasteiger partial charge on any atom is 0.337 e. The highest BCUT2D eigenvalue weighted by molar-refractivity contribution is 6.07. The first-order valence-corrected chi connectivity index (χ1v) is 6.69. The number of nitrogens with one attached hydrogen (secondary N) is 1. The molecule has 1 amide bonds. The summed E-state index contributed by atoms with van der Waals surface area (Å²) in [5, 5.41) is 15.9. The smallest absolute Gasteiger partial charge is 0.337 e. The molecule has 0 saturated heterocycles. The molecule has 0 aliphatic heterocycles. The summed E-state index contributed by atoms with van der Waals surface area (Å²) in [5.41, 5.74) is 1.58. The molecule has 0 aliphatic carbocycles. The second-order valence-corrected chi connectivity index (χ2v) is 4.80. The van der Waals surface area contributed by atoms with Crippen LogP contribution in [0.25, 0.3) is 0 Å². The summed E-state index contributed by atoms with van der Waals surface area (Å²) in [6, 6.07) is 4.87. The fraction of sp³-hybridized carbons (Fsp3) is 0.267. The quantitative estimate of drug-likeness (QED) is 0.885. The van der Waals surface area contributed by atoms with Crippen molar-refractivity contribution in [2.45, 2.75) is 26.8 Å². The lowest BCUT2D eigenvalue weighted by atomic mass is 10.1. The molecule has 0 radical (unpaired) electrons. The van der Waals surface area contributed by atoms with Crippen LogP contribution in [0.15, 0.2) is 30.6 Å². The van der Waals surface area contributed by atoms with Crippen LogP contribution in [-0.4, -0.2) is 26.8 Å². The van der Waals surface area contributed by atoms with E-state index in [0.717, 1.165) is 18.5 Å². The Morgan fingerprint density at radius 2 is 2.14 bits per heavy atom. The van der Waals surface area contributed by atoms with E-state index in [9.17, 15) is 14.7 Å². The van der Waals surface area contributed by atoms with E-state index in [-0.39, 0.29) is 17.2 Å². The fourth-order valence-electron chi connectivity index (χ4n) is 1.97. The summed E-state index contributed by atoms with van der Waals surface area (Å²) in [6.45, 7) is 4.55. The van der Waals surface area contributed by atoms with Crippen molar-refractivity contribution >= 4 is 17.6 Å². The number of rotatable bonds is 5. The Morgan fingerprint density at radius 1 is 1.38 bits per heavy atom. The molecule has 0 bridgehead atoms. The molecule has 6 nitrogen and oxygen atoms in total. The Kier molecular flexibility index (Phi) is 4.37. The van der Waals surface area contributed by atoms with E-state index < -0.39 is 5.97 Å². The highest BCUT2D eigenvalue weighted by Crippen LogP contribution is 2.18. The van der Waals surface area contributed by atoms with Crippen molar-refractivity contribution in [3.8, 4) is 0 Å². The first-order valence-electron chi connectivity index (χ1n) is 6.69. The number of carbonyl (C=O) groups excluding carboxylic acids is 1. The van der Waals surface area contributed by atoms with Gasteiger partial charge in [0, 0.05) is 12.7 Å². The number of hydrogen-bond acceptors (Lipinski definition) is 3. The largest absolute Gasteiger partial charge is 0.478 e. The lowest BCUT2D eigenvalue weighted by Crippen LogP contribution is -2.14. The van der Waals surface area contributed by atoms with Crippen LogP contribution in [0.2, 0.25) is 0 Å². The maximum atomic E-state index is 12.1. The predicted octanol–water partition coefficient (Wildman–Crippen LogP) is 2.55. The van der Waals surface area contributed by atoms with Crippen molar-refractivity contribution in [3.05, 3.63) is 47.3 Å². The average molecular weight is 287 g/mol. The number of aromatic carboxylic acids is 1. The van der Waals surface area contributed by atoms with Gasteiger partial charge in [-0.05, 0) is 25.5 Å². The summed E-state index contributed by atoms with van der Waals surface area (Å²) >= 11 is 0. The van der Waals surface area contributed by atoms with Gasteiger partial charge in [-0.25, -0.2) is 4.79 Å². The van der Waals surface area contributed by atoms with Gasteiger partial charge in [0.15, 0.2) is 0 Å². The highest BCUT2D eigenvalue weighted by atomic mass is 16.4. The van der Waals surface area contributed by atoms with Gasteiger partial charge in [-0.2, -0.15) is 5.10 Å². The zero-order valence-corrected chi connectivity index (χ0v) is 12.0. The molecular weight excluding hydrogens is 270 g/mol. The first-order chi connectivity index (χ1) is 10.0. The standard InChI is InChI=1S/C15H17N3O3/c1-3-6-18-9-11(8-16-18)14(19)17-13-5-4-10(2)7-12(13)15(20)21/h4-5,7-9H,3,6H2,1-2H3,(H,17,19)(H,20,21). The molecule has 0 atom stereocenters. The zero-order valence-electron chi connectivity index (χ0n) is 12.0. The second kappa shape index (κ2) is 6.21. The maximum absolute atomic E-state index is 12.1. The number of carbonyl (C=O) groups is 2. The molecule has 0 fully saturated rings. The molecule has 1 aromatic heterocycles. The lowest BCUT2D eigenvalue weighted by molar-refractivity contribution is 0.0698. The number of amides is 1. The van der Waals surface area contributed by atoms with E-state index in [0.29, 0.717) is 5.56 Å². The molecule has 0 saturated carbocycles. The minimum absolute atomic E-state index is 0.0734. The summed E-state index contributed by atoms with van der Waals surface area (Å²) in [6.07, 6.45) is 4.04. The summed E-state index contributed by atoms with van der Waals surface area (Å²) < 4.78 is 1.68. The summed E-state index contributed by atoms with van der Waals surface area (Å²) in [7, 11) is 0. The van der Waals surface area contributed by atoms with Crippen LogP contribution in [-0.2, 0) is 6.54 Å². The van der Waals surface area contributed by atoms with Crippen LogP contribution in [0.1, 0.15) is 39.6 Å². The third-order valence-electron chi connectivity index (χ3n) is 3.00. The van der Waals surface area contributed by atoms with Crippen LogP contribution in [0.3, 0.4) is 0 Å². The van der Waals surface area contributed by atoms with Gasteiger partial charge in [0.05, 0.1) is 23.0 Å². The number of carboxylic acid groups (broad SMARTS) is 1. The van der Waals surface area contributed by atoms with Crippen molar-refractivity contribution in [2.24, 2.45) is 0 Å². The van der Waals surface area contributed by atoms with Gasteiger partial charge < -0.3 is 10.4 Å². The summed E-state index contributed by atoms with van der Waals surface area (Å²) in [4.78, 5) is 23.3. The Labute approximate surface area is 122 Å². The molecule has 6 heteroatoms. The molecule has 110 valence electrons. The van der Waals surface area contributed by atoms with Gasteiger partial charge in [0.25, 0.3) is 5.91 Å². The predicted molar refractivity (Wildman–Crippen MR) is 78.6 cm³/mol. The van der Waals surface area contributed by atoms with Crippen LogP contribution >= 0.6 is 0 Å². The van der Waals surface area contributed by atoms with Gasteiger partial charge in [0.1, 0.15) is 0 Å². The molecule has 2 rings (SSSR count). The van der Waals surface area contributed by atoms with Crippen molar-refractivity contribution in [3.63, 3.8) is 0 Å². The zero-order chi connectivity index (χ0) is 15.4. The monoisotopic (exact) mass is 287 g/mol. The Bertz CT molecular complexity index is 677.